The van der Waals surface area contributed by atoms with Crippen molar-refractivity contribution in [3.63, 3.8) is 0 Å². The molecule has 0 aliphatic heterocycles. The summed E-state index contributed by atoms with van der Waals surface area (Å²) in [6.07, 6.45) is 2.27. The van der Waals surface area contributed by atoms with E-state index in [-0.39, 0.29) is 22.4 Å². The number of hydrogen-bond donors (Lipinski definition) is 0. The lowest BCUT2D eigenvalue weighted by Gasteiger charge is -2.33. The molecule has 4 rings (SSSR count). The van der Waals surface area contributed by atoms with Gasteiger partial charge in [-0.05, 0) is 36.5 Å². The van der Waals surface area contributed by atoms with Crippen molar-refractivity contribution in [2.45, 2.75) is 50.1 Å². The minimum absolute atomic E-state index is 0.0261. The molecule has 148 valence electrons. The molecule has 1 aromatic heterocycles. The Labute approximate surface area is 169 Å². The molecule has 2 aromatic rings. The fourth-order valence-corrected chi connectivity index (χ4v) is 5.33. The average Bonchev–Trinajstić information content (AvgIpc) is 3.04. The van der Waals surface area contributed by atoms with E-state index in [1.165, 1.54) is 11.8 Å². The van der Waals surface area contributed by atoms with Crippen LogP contribution in [0.3, 0.4) is 0 Å². The summed E-state index contributed by atoms with van der Waals surface area (Å²) in [4.78, 5) is 17.6. The maximum absolute atomic E-state index is 12.8. The second-order valence-electron chi connectivity index (χ2n) is 8.25. The van der Waals surface area contributed by atoms with E-state index >= 15 is 0 Å². The third-order valence-electron chi connectivity index (χ3n) is 6.81. The average molecular weight is 400 g/mol. The molecule has 6 nitrogen and oxygen atoms in total. The van der Waals surface area contributed by atoms with Crippen molar-refractivity contribution in [2.24, 2.45) is 5.41 Å². The normalized spacial score (nSPS) is 24.1. The van der Waals surface area contributed by atoms with Gasteiger partial charge in [0, 0.05) is 11.3 Å². The van der Waals surface area contributed by atoms with Crippen molar-refractivity contribution in [1.29, 1.82) is 0 Å². The van der Waals surface area contributed by atoms with Crippen molar-refractivity contribution < 1.29 is 14.3 Å². The third kappa shape index (κ3) is 2.70. The van der Waals surface area contributed by atoms with E-state index in [1.54, 1.807) is 32.4 Å². The first-order chi connectivity index (χ1) is 13.3. The molecule has 0 unspecified atom stereocenters. The van der Waals surface area contributed by atoms with Gasteiger partial charge in [0.15, 0.2) is 5.78 Å². The summed E-state index contributed by atoms with van der Waals surface area (Å²) in [6.45, 7) is 6.90. The van der Waals surface area contributed by atoms with Crippen LogP contribution in [0, 0.1) is 5.41 Å². The summed E-state index contributed by atoms with van der Waals surface area (Å²) >= 11 is 1.32. The number of ketones is 1. The molecule has 1 saturated carbocycles. The van der Waals surface area contributed by atoms with Gasteiger partial charge in [-0.15, -0.1) is 5.10 Å². The smallest absolute Gasteiger partial charge is 0.209 e. The minimum atomic E-state index is -0.0575. The molecule has 2 atom stereocenters. The number of carbonyl (C=O) groups excluding carboxylic acids is 1. The molecule has 0 N–H and O–H groups in total. The van der Waals surface area contributed by atoms with E-state index < -0.39 is 0 Å². The molecule has 2 aliphatic carbocycles. The Morgan fingerprint density at radius 2 is 2.00 bits per heavy atom. The molecule has 7 heteroatoms. The molecule has 1 heterocycles. The van der Waals surface area contributed by atoms with Crippen LogP contribution >= 0.6 is 11.8 Å². The number of rotatable bonds is 6. The largest absolute Gasteiger partial charge is 0.497 e. The van der Waals surface area contributed by atoms with Gasteiger partial charge in [-0.25, -0.2) is 4.98 Å². The second kappa shape index (κ2) is 6.72. The van der Waals surface area contributed by atoms with Gasteiger partial charge in [0.1, 0.15) is 11.5 Å². The Hall–Kier alpha value is -2.15. The highest BCUT2D eigenvalue weighted by atomic mass is 32.2. The number of ether oxygens (including phenoxy) is 2. The SMILES string of the molecule is COc1ccc(OC)c(C(=O)CSc2nnc3c(n2)[C@@]2(C)CC[C@@H]3C2(C)C)c1. The number of hydrogen-bond acceptors (Lipinski definition) is 7. The Balaban J connectivity index is 1.54. The number of benzene rings is 1. The summed E-state index contributed by atoms with van der Waals surface area (Å²) in [7, 11) is 3.13. The Morgan fingerprint density at radius 1 is 1.21 bits per heavy atom. The molecule has 0 amide bonds. The zero-order chi connectivity index (χ0) is 20.1. The maximum Gasteiger partial charge on any atom is 0.209 e. The predicted molar refractivity (Wildman–Crippen MR) is 108 cm³/mol. The summed E-state index contributed by atoms with van der Waals surface area (Å²) in [5.41, 5.74) is 2.78. The van der Waals surface area contributed by atoms with Gasteiger partial charge in [-0.2, -0.15) is 5.10 Å². The van der Waals surface area contributed by atoms with Gasteiger partial charge in [-0.1, -0.05) is 32.5 Å². The summed E-state index contributed by atoms with van der Waals surface area (Å²) in [5, 5.41) is 9.36. The molecule has 0 radical (unpaired) electrons. The first-order valence-corrected chi connectivity index (χ1v) is 10.4. The fourth-order valence-electron chi connectivity index (χ4n) is 4.66. The van der Waals surface area contributed by atoms with E-state index in [4.69, 9.17) is 14.5 Å². The van der Waals surface area contributed by atoms with Crippen LogP contribution in [0.1, 0.15) is 61.3 Å². The van der Waals surface area contributed by atoms with Crippen LogP contribution in [0.2, 0.25) is 0 Å². The topological polar surface area (TPSA) is 74.2 Å². The molecule has 2 bridgehead atoms. The number of carbonyl (C=O) groups is 1. The standard InChI is InChI=1S/C21H25N3O3S/c1-20(2)14-8-9-21(20,3)18-17(14)23-24-19(22-18)28-11-15(25)13-10-12(26-4)6-7-16(13)27-5/h6-7,10,14H,8-9,11H2,1-5H3/t14-,21+/m0/s1. The number of methoxy groups -OCH3 is 2. The fraction of sp³-hybridized carbons (Fsp3) is 0.524. The first-order valence-electron chi connectivity index (χ1n) is 9.45. The van der Waals surface area contributed by atoms with Crippen molar-refractivity contribution in [1.82, 2.24) is 15.2 Å². The predicted octanol–water partition coefficient (Wildman–Crippen LogP) is 4.04. The molecule has 2 aliphatic rings. The lowest BCUT2D eigenvalue weighted by Crippen LogP contribution is -2.32. The van der Waals surface area contributed by atoms with Gasteiger partial charge in [0.05, 0.1) is 36.9 Å². The van der Waals surface area contributed by atoms with Crippen LogP contribution < -0.4 is 9.47 Å². The van der Waals surface area contributed by atoms with Gasteiger partial charge in [0.2, 0.25) is 5.16 Å². The van der Waals surface area contributed by atoms with Crippen LogP contribution in [0.5, 0.6) is 11.5 Å². The highest BCUT2D eigenvalue weighted by Crippen LogP contribution is 2.66. The van der Waals surface area contributed by atoms with Gasteiger partial charge in [-0.3, -0.25) is 4.79 Å². The quantitative estimate of drug-likeness (QED) is 0.536. The Bertz CT molecular complexity index is 946. The van der Waals surface area contributed by atoms with E-state index in [0.717, 1.165) is 24.2 Å². The number of thioether (sulfide) groups is 1. The Morgan fingerprint density at radius 3 is 2.71 bits per heavy atom. The van der Waals surface area contributed by atoms with Crippen LogP contribution in [-0.4, -0.2) is 40.9 Å². The van der Waals surface area contributed by atoms with Gasteiger partial charge >= 0.3 is 0 Å². The lowest BCUT2D eigenvalue weighted by atomic mass is 9.70. The van der Waals surface area contributed by atoms with Gasteiger partial charge < -0.3 is 9.47 Å². The van der Waals surface area contributed by atoms with Crippen LogP contribution in [0.25, 0.3) is 0 Å². The van der Waals surface area contributed by atoms with Crippen molar-refractivity contribution in [3.05, 3.63) is 35.2 Å². The van der Waals surface area contributed by atoms with Gasteiger partial charge in [0.25, 0.3) is 0 Å². The monoisotopic (exact) mass is 399 g/mol. The van der Waals surface area contributed by atoms with Crippen molar-refractivity contribution in [2.75, 3.05) is 20.0 Å². The summed E-state index contributed by atoms with van der Waals surface area (Å²) in [5.74, 6) is 1.74. The summed E-state index contributed by atoms with van der Waals surface area (Å²) in [6, 6.07) is 5.21. The molecule has 28 heavy (non-hydrogen) atoms. The highest BCUT2D eigenvalue weighted by Gasteiger charge is 2.61. The van der Waals surface area contributed by atoms with E-state index in [0.29, 0.717) is 28.1 Å². The van der Waals surface area contributed by atoms with E-state index in [9.17, 15) is 4.79 Å². The molecule has 1 aromatic carbocycles. The number of Topliss-reactive ketones (excluding diaryl/α,β-unsaturated/α-hetero) is 1. The van der Waals surface area contributed by atoms with Crippen molar-refractivity contribution >= 4 is 17.5 Å². The molecule has 1 fully saturated rings. The Kier molecular flexibility index (Phi) is 4.61. The zero-order valence-corrected chi connectivity index (χ0v) is 17.7. The van der Waals surface area contributed by atoms with Crippen molar-refractivity contribution in [3.8, 4) is 11.5 Å². The maximum atomic E-state index is 12.8. The molecule has 0 spiro atoms. The van der Waals surface area contributed by atoms with Crippen LogP contribution in [0.4, 0.5) is 0 Å². The first kappa shape index (κ1) is 19.2. The number of aromatic nitrogens is 3. The lowest BCUT2D eigenvalue weighted by molar-refractivity contribution is 0.101. The minimum Gasteiger partial charge on any atom is -0.497 e. The number of fused-ring (bicyclic) bond motifs is 5. The van der Waals surface area contributed by atoms with Crippen LogP contribution in [-0.2, 0) is 5.41 Å². The molecular formula is C21H25N3O3S. The van der Waals surface area contributed by atoms with Crippen LogP contribution in [0.15, 0.2) is 23.4 Å². The molecular weight excluding hydrogens is 374 g/mol. The second-order valence-corrected chi connectivity index (χ2v) is 9.19. The third-order valence-corrected chi connectivity index (χ3v) is 7.65. The molecule has 0 saturated heterocycles. The van der Waals surface area contributed by atoms with E-state index in [1.807, 2.05) is 0 Å². The van der Waals surface area contributed by atoms with E-state index in [2.05, 4.69) is 31.0 Å². The summed E-state index contributed by atoms with van der Waals surface area (Å²) < 4.78 is 10.5. The highest BCUT2D eigenvalue weighted by molar-refractivity contribution is 7.99. The number of nitrogens with zero attached hydrogens (tertiary/aromatic N) is 3. The zero-order valence-electron chi connectivity index (χ0n) is 16.9.